The van der Waals surface area contributed by atoms with Gasteiger partial charge in [-0.1, -0.05) is 60.7 Å². The van der Waals surface area contributed by atoms with E-state index >= 15 is 4.57 Å². The van der Waals surface area contributed by atoms with Gasteiger partial charge in [-0.2, -0.15) is 0 Å². The van der Waals surface area contributed by atoms with Crippen molar-refractivity contribution in [3.05, 3.63) is 83.9 Å². The summed E-state index contributed by atoms with van der Waals surface area (Å²) in [6.45, 7) is 8.34. The molecule has 4 heterocycles. The van der Waals surface area contributed by atoms with Crippen LogP contribution in [0.25, 0.3) is 11.2 Å². The van der Waals surface area contributed by atoms with Gasteiger partial charge in [0, 0.05) is 13.1 Å². The maximum atomic E-state index is 15.1. The molecule has 2 aromatic heterocycles. The Morgan fingerprint density at radius 3 is 2.04 bits per heavy atom. The second kappa shape index (κ2) is 18.3. The van der Waals surface area contributed by atoms with E-state index in [4.69, 9.17) is 23.5 Å². The number of carbonyl (C=O) groups excluding carboxylic acids is 2. The van der Waals surface area contributed by atoms with Crippen LogP contribution in [0.5, 0.6) is 0 Å². The molecule has 1 unspecified atom stereocenters. The van der Waals surface area contributed by atoms with E-state index in [1.54, 1.807) is 20.8 Å². The van der Waals surface area contributed by atoms with Crippen molar-refractivity contribution in [2.45, 2.75) is 76.7 Å². The normalized spacial score (nSPS) is 22.5. The van der Waals surface area contributed by atoms with Crippen LogP contribution in [0.3, 0.4) is 0 Å². The number of ether oxygens (including phenoxy) is 4. The number of fused-ring (bicyclic) bond motifs is 1. The molecule has 4 aromatic rings. The number of anilines is 1. The smallest absolute Gasteiger partial charge is 0.342 e. The molecule has 0 amide bonds. The van der Waals surface area contributed by atoms with Crippen LogP contribution in [0, 0.1) is 6.92 Å². The first kappa shape index (κ1) is 41.3. The predicted octanol–water partition coefficient (Wildman–Crippen LogP) is 2.63. The van der Waals surface area contributed by atoms with Crippen molar-refractivity contribution in [1.29, 1.82) is 0 Å². The Morgan fingerprint density at radius 1 is 0.946 bits per heavy atom. The minimum absolute atomic E-state index is 0.0593. The molecule has 2 aliphatic heterocycles. The summed E-state index contributed by atoms with van der Waals surface area (Å²) in [6.07, 6.45) is -2.42. The number of aryl methyl sites for hydroxylation is 1. The van der Waals surface area contributed by atoms with Crippen LogP contribution in [-0.4, -0.2) is 118 Å². The highest BCUT2D eigenvalue weighted by atomic mass is 31.2. The molecule has 6 rings (SSSR count). The highest BCUT2D eigenvalue weighted by Gasteiger charge is 2.54. The van der Waals surface area contributed by atoms with Crippen molar-refractivity contribution in [3.63, 3.8) is 0 Å². The van der Waals surface area contributed by atoms with Crippen LogP contribution in [0.2, 0.25) is 0 Å². The van der Waals surface area contributed by atoms with Crippen LogP contribution in [0.15, 0.2) is 67.0 Å². The SMILES string of the molecule is CCOC(=O)[C@H](Cc1ccccc1)NP(=O)(N[C@@H](Cc1ccccc1)C(=O)OCC)OC[C@H]1O[C@@H](n2cnc3c(N4CCOCC4)nc(C)nc32)[C@@](C)(O)C1O. The monoisotopic (exact) mass is 795 g/mol. The molecule has 0 radical (unpaired) electrons. The van der Waals surface area contributed by atoms with Crippen LogP contribution in [0.4, 0.5) is 5.82 Å². The Morgan fingerprint density at radius 2 is 1.50 bits per heavy atom. The van der Waals surface area contributed by atoms with Crippen LogP contribution in [0.1, 0.15) is 44.0 Å². The number of carbonyl (C=O) groups is 2. The third-order valence-corrected chi connectivity index (χ3v) is 11.4. The first-order valence-electron chi connectivity index (χ1n) is 18.7. The summed E-state index contributed by atoms with van der Waals surface area (Å²) in [5, 5.41) is 28.9. The van der Waals surface area contributed by atoms with Crippen molar-refractivity contribution in [2.75, 3.05) is 51.0 Å². The number of morpholine rings is 1. The zero-order valence-electron chi connectivity index (χ0n) is 31.9. The Balaban J connectivity index is 1.29. The van der Waals surface area contributed by atoms with Crippen LogP contribution >= 0.6 is 7.67 Å². The number of benzene rings is 2. The molecule has 302 valence electrons. The Kier molecular flexibility index (Phi) is 13.5. The number of rotatable bonds is 17. The second-order valence-corrected chi connectivity index (χ2v) is 15.7. The highest BCUT2D eigenvalue weighted by Crippen LogP contribution is 2.44. The van der Waals surface area contributed by atoms with Crippen molar-refractivity contribution in [3.8, 4) is 0 Å². The molecule has 4 N–H and O–H groups in total. The zero-order chi connectivity index (χ0) is 39.9. The standard InChI is InChI=1S/C38H50N7O10P/c1-5-52-35(47)28(21-26-13-9-7-10-14-26)42-56(50,43-29(36(48)53-6-2)22-27-15-11-8-12-16-27)54-23-30-32(46)38(4,49)37(55-30)45-24-39-31-33(40-25(3)41-34(31)45)44-17-19-51-20-18-44/h7-16,24,28-30,32,37,46,49H,5-6,17-23H2,1-4H3,(H2,42,43,50)/t28-,29-,30+,32?,37+,38-/m0/s1. The molecular formula is C38H50N7O10P. The first-order valence-corrected chi connectivity index (χ1v) is 20.4. The van der Waals surface area contributed by atoms with E-state index in [2.05, 4.69) is 30.0 Å². The number of imidazole rings is 1. The van der Waals surface area contributed by atoms with Gasteiger partial charge in [0.05, 0.1) is 39.4 Å². The fourth-order valence-electron chi connectivity index (χ4n) is 6.80. The summed E-state index contributed by atoms with van der Waals surface area (Å²) < 4.78 is 45.2. The molecule has 6 atom stereocenters. The van der Waals surface area contributed by atoms with E-state index in [0.29, 0.717) is 49.1 Å². The van der Waals surface area contributed by atoms with Gasteiger partial charge in [-0.3, -0.25) is 18.7 Å². The summed E-state index contributed by atoms with van der Waals surface area (Å²) in [4.78, 5) is 42.6. The van der Waals surface area contributed by atoms with Gasteiger partial charge in [-0.25, -0.2) is 25.1 Å². The number of nitrogens with zero attached hydrogens (tertiary/aromatic N) is 5. The first-order chi connectivity index (χ1) is 26.9. The maximum absolute atomic E-state index is 15.1. The summed E-state index contributed by atoms with van der Waals surface area (Å²) in [5.74, 6) is -0.309. The molecule has 0 saturated carbocycles. The van der Waals surface area contributed by atoms with Gasteiger partial charge in [-0.05, 0) is 51.7 Å². The van der Waals surface area contributed by atoms with E-state index in [1.807, 2.05) is 60.7 Å². The molecule has 2 aromatic carbocycles. The van der Waals surface area contributed by atoms with Crippen molar-refractivity contribution in [2.24, 2.45) is 0 Å². The van der Waals surface area contributed by atoms with Gasteiger partial charge in [0.1, 0.15) is 35.7 Å². The van der Waals surface area contributed by atoms with E-state index < -0.39 is 62.3 Å². The lowest BCUT2D eigenvalue weighted by Gasteiger charge is -2.30. The molecule has 56 heavy (non-hydrogen) atoms. The lowest BCUT2D eigenvalue weighted by molar-refractivity contribution is -0.145. The lowest BCUT2D eigenvalue weighted by atomic mass is 9.96. The molecule has 2 aliphatic rings. The minimum Gasteiger partial charge on any atom is -0.465 e. The van der Waals surface area contributed by atoms with Crippen molar-refractivity contribution >= 4 is 36.6 Å². The molecule has 2 saturated heterocycles. The number of aliphatic hydroxyl groups excluding tert-OH is 1. The largest absolute Gasteiger partial charge is 0.465 e. The van der Waals surface area contributed by atoms with Gasteiger partial charge in [0.15, 0.2) is 23.2 Å². The molecule has 17 nitrogen and oxygen atoms in total. The van der Waals surface area contributed by atoms with E-state index in [0.717, 1.165) is 11.1 Å². The Hall–Kier alpha value is -4.32. The van der Waals surface area contributed by atoms with Crippen molar-refractivity contribution in [1.82, 2.24) is 29.7 Å². The fraction of sp³-hybridized carbons (Fsp3) is 0.500. The summed E-state index contributed by atoms with van der Waals surface area (Å²) in [6, 6.07) is 15.8. The molecular weight excluding hydrogens is 745 g/mol. The molecule has 18 heteroatoms. The summed E-state index contributed by atoms with van der Waals surface area (Å²) in [5.41, 5.74) is 0.436. The summed E-state index contributed by atoms with van der Waals surface area (Å²) >= 11 is 0. The average Bonchev–Trinajstić information content (AvgIpc) is 3.70. The maximum Gasteiger partial charge on any atom is 0.342 e. The number of nitrogens with one attached hydrogen (secondary N) is 2. The fourth-order valence-corrected chi connectivity index (χ4v) is 8.60. The van der Waals surface area contributed by atoms with Gasteiger partial charge < -0.3 is 38.6 Å². The third-order valence-electron chi connectivity index (χ3n) is 9.61. The Labute approximate surface area is 325 Å². The molecule has 0 bridgehead atoms. The van der Waals surface area contributed by atoms with Crippen molar-refractivity contribution < 1.29 is 47.8 Å². The topological polar surface area (TPSA) is 209 Å². The van der Waals surface area contributed by atoms with Crippen LogP contribution < -0.4 is 15.1 Å². The number of esters is 2. The quantitative estimate of drug-likeness (QED) is 0.0895. The third kappa shape index (κ3) is 9.61. The number of hydrogen-bond donors (Lipinski definition) is 4. The molecule has 2 fully saturated rings. The minimum atomic E-state index is -4.46. The second-order valence-electron chi connectivity index (χ2n) is 13.8. The number of aliphatic hydroxyl groups is 2. The zero-order valence-corrected chi connectivity index (χ0v) is 32.8. The van der Waals surface area contributed by atoms with E-state index in [9.17, 15) is 19.8 Å². The Bertz CT molecular complexity index is 1910. The van der Waals surface area contributed by atoms with Gasteiger partial charge in [0.25, 0.3) is 0 Å². The number of hydrogen-bond acceptors (Lipinski definition) is 14. The lowest BCUT2D eigenvalue weighted by Crippen LogP contribution is -2.47. The highest BCUT2D eigenvalue weighted by molar-refractivity contribution is 7.54. The van der Waals surface area contributed by atoms with Gasteiger partial charge >= 0.3 is 19.6 Å². The van der Waals surface area contributed by atoms with Gasteiger partial charge in [-0.15, -0.1) is 0 Å². The number of aromatic nitrogens is 4. The van der Waals surface area contributed by atoms with Crippen LogP contribution in [-0.2, 0) is 50.5 Å². The predicted molar refractivity (Wildman–Crippen MR) is 205 cm³/mol. The molecule has 0 aliphatic carbocycles. The van der Waals surface area contributed by atoms with Gasteiger partial charge in [0.2, 0.25) is 0 Å². The van der Waals surface area contributed by atoms with E-state index in [1.165, 1.54) is 17.8 Å². The van der Waals surface area contributed by atoms with E-state index in [-0.39, 0.29) is 26.1 Å². The molecule has 0 spiro atoms. The summed E-state index contributed by atoms with van der Waals surface area (Å²) in [7, 11) is -4.46. The average molecular weight is 796 g/mol.